The van der Waals surface area contributed by atoms with Gasteiger partial charge in [-0.15, -0.1) is 0 Å². The van der Waals surface area contributed by atoms with E-state index in [9.17, 15) is 9.59 Å². The predicted molar refractivity (Wildman–Crippen MR) is 132 cm³/mol. The van der Waals surface area contributed by atoms with Gasteiger partial charge in [-0.25, -0.2) is 0 Å². The molecule has 1 aliphatic heterocycles. The molecule has 3 heterocycles. The molecule has 172 valence electrons. The minimum Gasteiger partial charge on any atom is -0.338 e. The monoisotopic (exact) mass is 453 g/mol. The van der Waals surface area contributed by atoms with Crippen molar-refractivity contribution < 1.29 is 9.59 Å². The topological polar surface area (TPSA) is 80.1 Å². The zero-order valence-corrected chi connectivity index (χ0v) is 19.1. The largest absolute Gasteiger partial charge is 0.338 e. The van der Waals surface area contributed by atoms with Gasteiger partial charge in [-0.2, -0.15) is 5.10 Å². The average Bonchev–Trinajstić information content (AvgIpc) is 3.30. The lowest BCUT2D eigenvalue weighted by atomic mass is 9.90. The van der Waals surface area contributed by atoms with E-state index in [-0.39, 0.29) is 11.8 Å². The highest BCUT2D eigenvalue weighted by atomic mass is 16.2. The number of nitrogens with one attached hydrogen (secondary N) is 1. The van der Waals surface area contributed by atoms with Crippen LogP contribution in [-0.2, 0) is 13.5 Å². The Morgan fingerprint density at radius 3 is 2.82 bits per heavy atom. The van der Waals surface area contributed by atoms with Gasteiger partial charge in [0.15, 0.2) is 5.69 Å². The zero-order chi connectivity index (χ0) is 23.5. The van der Waals surface area contributed by atoms with Crippen molar-refractivity contribution in [1.29, 1.82) is 0 Å². The minimum absolute atomic E-state index is 0.0515. The number of nitrogens with zero attached hydrogens (tertiary/aromatic N) is 4. The van der Waals surface area contributed by atoms with Gasteiger partial charge in [0.2, 0.25) is 0 Å². The molecule has 1 atom stereocenters. The first-order valence-corrected chi connectivity index (χ1v) is 11.6. The molecule has 1 fully saturated rings. The zero-order valence-electron chi connectivity index (χ0n) is 19.1. The second kappa shape index (κ2) is 9.47. The van der Waals surface area contributed by atoms with Gasteiger partial charge in [-0.05, 0) is 67.1 Å². The molecule has 1 saturated heterocycles. The summed E-state index contributed by atoms with van der Waals surface area (Å²) in [6.45, 7) is 1.42. The van der Waals surface area contributed by atoms with Gasteiger partial charge in [-0.1, -0.05) is 24.3 Å². The number of pyridine rings is 1. The molecule has 0 bridgehead atoms. The highest BCUT2D eigenvalue weighted by Crippen LogP contribution is 2.26. The third kappa shape index (κ3) is 4.69. The van der Waals surface area contributed by atoms with Crippen LogP contribution in [0.15, 0.2) is 73.1 Å². The Morgan fingerprint density at radius 2 is 1.97 bits per heavy atom. The number of para-hydroxylation sites is 1. The molecular weight excluding hydrogens is 426 g/mol. The number of piperidine rings is 1. The number of aryl methyl sites for hydroxylation is 1. The molecular formula is C27H27N5O2. The molecule has 1 aliphatic rings. The van der Waals surface area contributed by atoms with Crippen molar-refractivity contribution in [3.8, 4) is 0 Å². The van der Waals surface area contributed by atoms with Crippen LogP contribution < -0.4 is 5.32 Å². The Labute approximate surface area is 198 Å². The van der Waals surface area contributed by atoms with Crippen molar-refractivity contribution in [2.24, 2.45) is 13.0 Å². The first kappa shape index (κ1) is 21.8. The van der Waals surface area contributed by atoms with Gasteiger partial charge in [0.1, 0.15) is 0 Å². The third-order valence-corrected chi connectivity index (χ3v) is 6.35. The van der Waals surface area contributed by atoms with E-state index in [1.807, 2.05) is 29.3 Å². The van der Waals surface area contributed by atoms with Gasteiger partial charge in [0.05, 0.1) is 16.8 Å². The fraction of sp³-hybridized carbons (Fsp3) is 0.259. The van der Waals surface area contributed by atoms with Gasteiger partial charge >= 0.3 is 0 Å². The third-order valence-electron chi connectivity index (χ3n) is 6.35. The number of benzene rings is 2. The maximum absolute atomic E-state index is 13.5. The normalized spacial score (nSPS) is 15.9. The second-order valence-electron chi connectivity index (χ2n) is 8.87. The number of carbonyl (C=O) groups is 2. The van der Waals surface area contributed by atoms with E-state index in [1.54, 1.807) is 36.1 Å². The first-order chi connectivity index (χ1) is 16.6. The smallest absolute Gasteiger partial charge is 0.276 e. The fourth-order valence-electron chi connectivity index (χ4n) is 4.67. The number of likely N-dealkylation sites (tertiary alicyclic amines) is 1. The fourth-order valence-corrected chi connectivity index (χ4v) is 4.67. The maximum Gasteiger partial charge on any atom is 0.276 e. The number of hydrogen-bond acceptors (Lipinski definition) is 4. The summed E-state index contributed by atoms with van der Waals surface area (Å²) in [5, 5.41) is 8.15. The van der Waals surface area contributed by atoms with Gasteiger partial charge in [0, 0.05) is 37.9 Å². The van der Waals surface area contributed by atoms with Crippen LogP contribution >= 0.6 is 0 Å². The van der Waals surface area contributed by atoms with Crippen LogP contribution in [0.4, 0.5) is 5.69 Å². The van der Waals surface area contributed by atoms with E-state index in [0.717, 1.165) is 36.7 Å². The second-order valence-corrected chi connectivity index (χ2v) is 8.87. The van der Waals surface area contributed by atoms with E-state index in [0.29, 0.717) is 29.4 Å². The molecule has 2 amide bonds. The molecule has 0 aliphatic carbocycles. The van der Waals surface area contributed by atoms with Crippen LogP contribution in [0.1, 0.15) is 39.3 Å². The molecule has 34 heavy (non-hydrogen) atoms. The van der Waals surface area contributed by atoms with Crippen LogP contribution in [0.3, 0.4) is 0 Å². The van der Waals surface area contributed by atoms with Crippen LogP contribution in [0, 0.1) is 5.92 Å². The standard InChI is InChI=1S/C27H27N5O2/c1-31-15-12-25(30-31)26(33)29-24-9-3-2-8-22(24)27(34)32-14-5-6-20(18-32)16-19-10-11-23-21(17-19)7-4-13-28-23/h2-4,7-13,15,17,20H,5-6,14,16,18H2,1H3,(H,29,33). The highest BCUT2D eigenvalue weighted by Gasteiger charge is 2.26. The van der Waals surface area contributed by atoms with E-state index in [2.05, 4.69) is 39.7 Å². The van der Waals surface area contributed by atoms with Crippen LogP contribution in [-0.4, -0.2) is 44.6 Å². The predicted octanol–water partition coefficient (Wildman–Crippen LogP) is 4.32. The van der Waals surface area contributed by atoms with Crippen LogP contribution in [0.2, 0.25) is 0 Å². The van der Waals surface area contributed by atoms with E-state index in [1.165, 1.54) is 5.56 Å². The van der Waals surface area contributed by atoms with Gasteiger partial charge < -0.3 is 10.2 Å². The SMILES string of the molecule is Cn1ccc(C(=O)Nc2ccccc2C(=O)N2CCCC(Cc3ccc4ncccc4c3)C2)n1. The maximum atomic E-state index is 13.5. The lowest BCUT2D eigenvalue weighted by molar-refractivity contribution is 0.0674. The molecule has 7 nitrogen and oxygen atoms in total. The number of fused-ring (bicyclic) bond motifs is 1. The highest BCUT2D eigenvalue weighted by molar-refractivity contribution is 6.08. The number of hydrogen-bond donors (Lipinski definition) is 1. The Bertz CT molecular complexity index is 1350. The summed E-state index contributed by atoms with van der Waals surface area (Å²) in [5.74, 6) is 0.00888. The summed E-state index contributed by atoms with van der Waals surface area (Å²) in [7, 11) is 1.76. The summed E-state index contributed by atoms with van der Waals surface area (Å²) in [4.78, 5) is 32.4. The van der Waals surface area contributed by atoms with Crippen molar-refractivity contribution >= 4 is 28.4 Å². The number of anilines is 1. The Hall–Kier alpha value is -4.00. The van der Waals surface area contributed by atoms with E-state index >= 15 is 0 Å². The Balaban J connectivity index is 1.29. The van der Waals surface area contributed by atoms with E-state index in [4.69, 9.17) is 0 Å². The van der Waals surface area contributed by atoms with Crippen molar-refractivity contribution in [2.45, 2.75) is 19.3 Å². The van der Waals surface area contributed by atoms with E-state index < -0.39 is 0 Å². The van der Waals surface area contributed by atoms with Crippen molar-refractivity contribution in [1.82, 2.24) is 19.7 Å². The average molecular weight is 454 g/mol. The number of aromatic nitrogens is 3. The molecule has 0 saturated carbocycles. The summed E-state index contributed by atoms with van der Waals surface area (Å²) < 4.78 is 1.58. The molecule has 2 aromatic heterocycles. The number of carbonyl (C=O) groups excluding carboxylic acids is 2. The van der Waals surface area contributed by atoms with Gasteiger partial charge in [0.25, 0.3) is 11.8 Å². The van der Waals surface area contributed by atoms with Crippen LogP contribution in [0.25, 0.3) is 10.9 Å². The first-order valence-electron chi connectivity index (χ1n) is 11.6. The molecule has 5 rings (SSSR count). The molecule has 0 radical (unpaired) electrons. The Kier molecular flexibility index (Phi) is 6.08. The molecule has 4 aromatic rings. The number of amides is 2. The summed E-state index contributed by atoms with van der Waals surface area (Å²) in [5.41, 5.74) is 3.59. The molecule has 1 N–H and O–H groups in total. The molecule has 0 spiro atoms. The minimum atomic E-state index is -0.330. The quantitative estimate of drug-likeness (QED) is 0.488. The number of rotatable bonds is 5. The van der Waals surface area contributed by atoms with Gasteiger partial charge in [-0.3, -0.25) is 19.3 Å². The van der Waals surface area contributed by atoms with Crippen molar-refractivity contribution in [2.75, 3.05) is 18.4 Å². The Morgan fingerprint density at radius 1 is 1.09 bits per heavy atom. The van der Waals surface area contributed by atoms with Crippen molar-refractivity contribution in [3.05, 3.63) is 89.9 Å². The van der Waals surface area contributed by atoms with Crippen molar-refractivity contribution in [3.63, 3.8) is 0 Å². The lowest BCUT2D eigenvalue weighted by Gasteiger charge is -2.33. The summed E-state index contributed by atoms with van der Waals surface area (Å²) >= 11 is 0. The molecule has 2 aromatic carbocycles. The van der Waals surface area contributed by atoms with Crippen LogP contribution in [0.5, 0.6) is 0 Å². The summed E-state index contributed by atoms with van der Waals surface area (Å²) in [6, 6.07) is 19.3. The molecule has 1 unspecified atom stereocenters. The summed E-state index contributed by atoms with van der Waals surface area (Å²) in [6.07, 6.45) is 6.50. The molecule has 7 heteroatoms. The lowest BCUT2D eigenvalue weighted by Crippen LogP contribution is -2.40.